The van der Waals surface area contributed by atoms with Crippen LogP contribution in [0.2, 0.25) is 0 Å². The Bertz CT molecular complexity index is 1670. The maximum absolute atomic E-state index is 2.48. The Balaban J connectivity index is 1.48. The molecule has 2 aliphatic rings. The van der Waals surface area contributed by atoms with Crippen LogP contribution >= 0.6 is 22.7 Å². The lowest BCUT2D eigenvalue weighted by Gasteiger charge is -2.32. The number of rotatable bonds is 2. The Morgan fingerprint density at radius 2 is 0.895 bits per heavy atom. The number of fused-ring (bicyclic) bond motifs is 7. The summed E-state index contributed by atoms with van der Waals surface area (Å²) in [5, 5.41) is 0. The minimum absolute atomic E-state index is 0.0669. The molecule has 2 aliphatic carbocycles. The fraction of sp³-hybridized carbons (Fsp3) is 0.278. The summed E-state index contributed by atoms with van der Waals surface area (Å²) in [5.41, 5.74) is 17.2. The normalized spacial score (nSPS) is 15.8. The summed E-state index contributed by atoms with van der Waals surface area (Å²) in [5.74, 6) is 0. The van der Waals surface area contributed by atoms with Gasteiger partial charge in [0.1, 0.15) is 0 Å². The van der Waals surface area contributed by atoms with Gasteiger partial charge in [0, 0.05) is 30.3 Å². The molecule has 0 unspecified atom stereocenters. The van der Waals surface area contributed by atoms with Gasteiger partial charge in [0.25, 0.3) is 0 Å². The maximum atomic E-state index is 2.48. The highest BCUT2D eigenvalue weighted by Gasteiger charge is 2.47. The number of thiophene rings is 2. The van der Waals surface area contributed by atoms with Crippen LogP contribution in [0, 0.1) is 27.7 Å². The minimum Gasteiger partial charge on any atom is -0.141 e. The third-order valence-corrected chi connectivity index (χ3v) is 11.4. The lowest BCUT2D eigenvalue weighted by atomic mass is 9.71. The zero-order valence-corrected chi connectivity index (χ0v) is 25.2. The van der Waals surface area contributed by atoms with E-state index in [1.54, 1.807) is 11.1 Å². The van der Waals surface area contributed by atoms with E-state index < -0.39 is 0 Å². The van der Waals surface area contributed by atoms with E-state index in [0.29, 0.717) is 0 Å². The monoisotopic (exact) mass is 530 g/mol. The summed E-state index contributed by atoms with van der Waals surface area (Å²) in [6.45, 7) is 18.9. The molecule has 0 spiro atoms. The molecule has 190 valence electrons. The van der Waals surface area contributed by atoms with Gasteiger partial charge in [-0.3, -0.25) is 0 Å². The summed E-state index contributed by atoms with van der Waals surface area (Å²) in [6.07, 6.45) is 0. The Morgan fingerprint density at radius 3 is 1.24 bits per heavy atom. The first-order valence-corrected chi connectivity index (χ1v) is 15.2. The van der Waals surface area contributed by atoms with Gasteiger partial charge in [-0.15, -0.1) is 22.7 Å². The third-order valence-electron chi connectivity index (χ3n) is 9.29. The van der Waals surface area contributed by atoms with Gasteiger partial charge < -0.3 is 0 Å². The molecule has 0 radical (unpaired) electrons. The molecule has 0 saturated heterocycles. The van der Waals surface area contributed by atoms with Gasteiger partial charge >= 0.3 is 0 Å². The molecule has 2 heteroatoms. The second kappa shape index (κ2) is 7.81. The molecule has 0 aliphatic heterocycles. The van der Waals surface area contributed by atoms with Gasteiger partial charge in [0.2, 0.25) is 0 Å². The van der Waals surface area contributed by atoms with Crippen molar-refractivity contribution in [2.45, 2.75) is 66.2 Å². The van der Waals surface area contributed by atoms with Crippen molar-refractivity contribution in [3.8, 4) is 43.1 Å². The standard InChI is InChI=1S/C36H34S2/c1-19-9-15-29(37-19)23-11-13-25-27(17-23)35(5,6)33-31(25)21(3)22(4)32-26-14-12-24(30-16-10-20(2)38-30)18-28(26)36(7,8)34(32)33/h9-18H,1-8H3. The molecule has 0 saturated carbocycles. The van der Waals surface area contributed by atoms with Crippen molar-refractivity contribution in [1.29, 1.82) is 0 Å². The van der Waals surface area contributed by atoms with E-state index in [4.69, 9.17) is 0 Å². The van der Waals surface area contributed by atoms with Crippen LogP contribution < -0.4 is 0 Å². The number of hydrogen-bond donors (Lipinski definition) is 0. The van der Waals surface area contributed by atoms with Crippen molar-refractivity contribution in [3.63, 3.8) is 0 Å². The molecule has 0 nitrogen and oxygen atoms in total. The predicted molar refractivity (Wildman–Crippen MR) is 167 cm³/mol. The number of hydrogen-bond acceptors (Lipinski definition) is 2. The van der Waals surface area contributed by atoms with Crippen LogP contribution in [0.4, 0.5) is 0 Å². The van der Waals surface area contributed by atoms with Crippen molar-refractivity contribution in [1.82, 2.24) is 0 Å². The first-order valence-electron chi connectivity index (χ1n) is 13.6. The molecule has 5 aromatic rings. The van der Waals surface area contributed by atoms with Gasteiger partial charge in [-0.1, -0.05) is 52.0 Å². The summed E-state index contributed by atoms with van der Waals surface area (Å²) >= 11 is 3.78. The van der Waals surface area contributed by atoms with Crippen molar-refractivity contribution < 1.29 is 0 Å². The van der Waals surface area contributed by atoms with Crippen LogP contribution in [0.1, 0.15) is 70.8 Å². The van der Waals surface area contributed by atoms with Crippen LogP contribution in [-0.4, -0.2) is 0 Å². The molecule has 0 fully saturated rings. The van der Waals surface area contributed by atoms with Gasteiger partial charge in [-0.05, 0) is 131 Å². The molecule has 0 atom stereocenters. The topological polar surface area (TPSA) is 0 Å². The lowest BCUT2D eigenvalue weighted by molar-refractivity contribution is 0.601. The molecule has 3 aromatic carbocycles. The molecule has 2 aromatic heterocycles. The van der Waals surface area contributed by atoms with Crippen molar-refractivity contribution in [2.75, 3.05) is 0 Å². The summed E-state index contributed by atoms with van der Waals surface area (Å²) in [7, 11) is 0. The summed E-state index contributed by atoms with van der Waals surface area (Å²) < 4.78 is 0. The number of aryl methyl sites for hydroxylation is 2. The average molecular weight is 531 g/mol. The molecule has 2 heterocycles. The van der Waals surface area contributed by atoms with Crippen LogP contribution in [0.3, 0.4) is 0 Å². The lowest BCUT2D eigenvalue weighted by Crippen LogP contribution is -2.24. The first kappa shape index (κ1) is 24.1. The quantitative estimate of drug-likeness (QED) is 0.213. The minimum atomic E-state index is -0.0669. The SMILES string of the molecule is Cc1ccc(-c2ccc3c(c2)C(C)(C)c2c-3c(C)c(C)c3c2C(C)(C)c2cc(-c4ccc(C)s4)ccc2-3)s1. The first-order chi connectivity index (χ1) is 18.0. The third kappa shape index (κ3) is 3.08. The fourth-order valence-corrected chi connectivity index (χ4v) is 8.96. The number of benzene rings is 3. The van der Waals surface area contributed by atoms with Gasteiger partial charge in [-0.25, -0.2) is 0 Å². The van der Waals surface area contributed by atoms with Crippen LogP contribution in [0.5, 0.6) is 0 Å². The largest absolute Gasteiger partial charge is 0.141 e. The Kier molecular flexibility index (Phi) is 4.96. The van der Waals surface area contributed by atoms with Crippen LogP contribution in [0.15, 0.2) is 60.7 Å². The molecule has 38 heavy (non-hydrogen) atoms. The smallest absolute Gasteiger partial charge is 0.0345 e. The Morgan fingerprint density at radius 1 is 0.500 bits per heavy atom. The summed E-state index contributed by atoms with van der Waals surface area (Å²) in [4.78, 5) is 5.45. The highest BCUT2D eigenvalue weighted by atomic mass is 32.1. The van der Waals surface area contributed by atoms with E-state index in [0.717, 1.165) is 0 Å². The Labute approximate surface area is 235 Å². The zero-order chi connectivity index (χ0) is 26.7. The van der Waals surface area contributed by atoms with E-state index in [9.17, 15) is 0 Å². The summed E-state index contributed by atoms with van der Waals surface area (Å²) in [6, 6.07) is 23.5. The van der Waals surface area contributed by atoms with E-state index >= 15 is 0 Å². The average Bonchev–Trinajstić information content (AvgIpc) is 3.61. The van der Waals surface area contributed by atoms with Gasteiger partial charge in [0.05, 0.1) is 0 Å². The second-order valence-electron chi connectivity index (χ2n) is 12.3. The zero-order valence-electron chi connectivity index (χ0n) is 23.6. The van der Waals surface area contributed by atoms with Crippen molar-refractivity contribution >= 4 is 22.7 Å². The highest BCUT2D eigenvalue weighted by Crippen LogP contribution is 2.61. The fourth-order valence-electron chi connectivity index (χ4n) is 7.24. The molecular formula is C36H34S2. The van der Waals surface area contributed by atoms with E-state index in [1.807, 2.05) is 22.7 Å². The molecule has 0 N–H and O–H groups in total. The molecule has 0 bridgehead atoms. The molecule has 0 amide bonds. The van der Waals surface area contributed by atoms with E-state index in [-0.39, 0.29) is 10.8 Å². The predicted octanol–water partition coefficient (Wildman–Crippen LogP) is 11.0. The second-order valence-corrected chi connectivity index (χ2v) is 14.9. The highest BCUT2D eigenvalue weighted by molar-refractivity contribution is 7.15. The van der Waals surface area contributed by atoms with Crippen molar-refractivity contribution in [3.05, 3.63) is 104 Å². The molecule has 7 rings (SSSR count). The van der Waals surface area contributed by atoms with E-state index in [1.165, 1.54) is 75.1 Å². The van der Waals surface area contributed by atoms with E-state index in [2.05, 4.69) is 116 Å². The van der Waals surface area contributed by atoms with Crippen LogP contribution in [0.25, 0.3) is 43.1 Å². The maximum Gasteiger partial charge on any atom is 0.0345 e. The van der Waals surface area contributed by atoms with Gasteiger partial charge in [0.15, 0.2) is 0 Å². The van der Waals surface area contributed by atoms with Gasteiger partial charge in [-0.2, -0.15) is 0 Å². The van der Waals surface area contributed by atoms with Crippen LogP contribution in [-0.2, 0) is 10.8 Å². The Hall–Kier alpha value is -2.94. The van der Waals surface area contributed by atoms with Crippen molar-refractivity contribution in [2.24, 2.45) is 0 Å². The molecular weight excluding hydrogens is 497 g/mol.